The molecule has 0 bridgehead atoms. The molecular formula is C19H22Cl2N3O9P. The van der Waals surface area contributed by atoms with Gasteiger partial charge in [0.05, 0.1) is 23.8 Å². The fraction of sp³-hybridized carbons (Fsp3) is 0.421. The van der Waals surface area contributed by atoms with E-state index in [0.717, 1.165) is 0 Å². The number of ether oxygens (including phenoxy) is 3. The number of aryl methyl sites for hydroxylation is 1. The molecule has 0 saturated carbocycles. The van der Waals surface area contributed by atoms with E-state index >= 15 is 0 Å². The third-order valence-corrected chi connectivity index (χ3v) is 6.98. The maximum absolute atomic E-state index is 13.4. The van der Waals surface area contributed by atoms with Crippen molar-refractivity contribution >= 4 is 36.9 Å². The maximum Gasteiger partial charge on any atom is 0.459 e. The SMILES string of the molecule is COC(=O)[C@H](C)NP(=O)(OC[C@@H]1OC[C@H](n2cc(C)c(=O)[nH]c2=O)O1)Oc1ccc(Cl)c(Cl)c1. The van der Waals surface area contributed by atoms with Crippen LogP contribution in [0, 0.1) is 6.92 Å². The van der Waals surface area contributed by atoms with Crippen molar-refractivity contribution in [1.29, 1.82) is 0 Å². The lowest BCUT2D eigenvalue weighted by atomic mass is 10.3. The summed E-state index contributed by atoms with van der Waals surface area (Å²) in [6, 6.07) is 3.12. The number of hydrogen-bond donors (Lipinski definition) is 2. The van der Waals surface area contributed by atoms with Gasteiger partial charge in [0.25, 0.3) is 5.56 Å². The molecule has 12 nitrogen and oxygen atoms in total. The molecule has 34 heavy (non-hydrogen) atoms. The lowest BCUT2D eigenvalue weighted by Gasteiger charge is -2.23. The van der Waals surface area contributed by atoms with Crippen molar-refractivity contribution in [1.82, 2.24) is 14.6 Å². The summed E-state index contributed by atoms with van der Waals surface area (Å²) in [6.07, 6.45) is -0.546. The van der Waals surface area contributed by atoms with Crippen LogP contribution >= 0.6 is 30.9 Å². The first-order valence-corrected chi connectivity index (χ1v) is 12.1. The molecule has 0 amide bonds. The van der Waals surface area contributed by atoms with Crippen LogP contribution in [0.2, 0.25) is 10.0 Å². The predicted octanol–water partition coefficient (Wildman–Crippen LogP) is 2.38. The summed E-state index contributed by atoms with van der Waals surface area (Å²) in [7, 11) is -3.02. The Balaban J connectivity index is 1.72. The second kappa shape index (κ2) is 11.0. The summed E-state index contributed by atoms with van der Waals surface area (Å²) in [5.74, 6) is -0.647. The van der Waals surface area contributed by atoms with E-state index in [2.05, 4.69) is 14.8 Å². The number of rotatable bonds is 9. The van der Waals surface area contributed by atoms with Gasteiger partial charge in [-0.2, -0.15) is 5.09 Å². The number of aromatic amines is 1. The number of H-pyrrole nitrogens is 1. The van der Waals surface area contributed by atoms with Crippen molar-refractivity contribution in [3.63, 3.8) is 0 Å². The Morgan fingerprint density at radius 3 is 2.76 bits per heavy atom. The van der Waals surface area contributed by atoms with Crippen LogP contribution in [0.15, 0.2) is 34.0 Å². The third kappa shape index (κ3) is 6.48. The minimum absolute atomic E-state index is 0.0383. The van der Waals surface area contributed by atoms with E-state index in [1.54, 1.807) is 0 Å². The van der Waals surface area contributed by atoms with Crippen molar-refractivity contribution in [3.05, 3.63) is 60.8 Å². The Morgan fingerprint density at radius 2 is 2.09 bits per heavy atom. The molecule has 1 saturated heterocycles. The number of aromatic nitrogens is 2. The summed E-state index contributed by atoms with van der Waals surface area (Å²) in [4.78, 5) is 37.6. The predicted molar refractivity (Wildman–Crippen MR) is 121 cm³/mol. The van der Waals surface area contributed by atoms with Crippen molar-refractivity contribution in [2.75, 3.05) is 20.3 Å². The minimum atomic E-state index is -4.20. The van der Waals surface area contributed by atoms with E-state index in [0.29, 0.717) is 5.56 Å². The maximum atomic E-state index is 13.4. The van der Waals surface area contributed by atoms with Crippen LogP contribution in [-0.2, 0) is 28.1 Å². The minimum Gasteiger partial charge on any atom is -0.468 e. The highest BCUT2D eigenvalue weighted by molar-refractivity contribution is 7.52. The first kappa shape index (κ1) is 26.4. The fourth-order valence-electron chi connectivity index (χ4n) is 2.86. The molecule has 1 aliphatic heterocycles. The van der Waals surface area contributed by atoms with Crippen molar-refractivity contribution in [3.8, 4) is 5.75 Å². The number of methoxy groups -OCH3 is 1. The molecule has 1 aromatic heterocycles. The number of benzene rings is 1. The smallest absolute Gasteiger partial charge is 0.459 e. The summed E-state index contributed by atoms with van der Waals surface area (Å²) in [5, 5.41) is 2.88. The molecular weight excluding hydrogens is 516 g/mol. The molecule has 1 unspecified atom stereocenters. The standard InChI is InChI=1S/C19H22Cl2N3O9P/c1-10-7-24(19(27)22-17(10)25)15-8-30-16(32-15)9-31-34(28,23-11(2)18(26)29-3)33-12-4-5-13(20)14(21)6-12/h4-7,11,15-16H,8-9H2,1-3H3,(H,23,28)(H,22,25,27)/t11-,15+,16+,34?/m0/s1. The van der Waals surface area contributed by atoms with E-state index in [1.807, 2.05) is 0 Å². The molecule has 0 radical (unpaired) electrons. The number of carbonyl (C=O) groups is 1. The van der Waals surface area contributed by atoms with E-state index in [9.17, 15) is 18.9 Å². The van der Waals surface area contributed by atoms with Crippen LogP contribution in [0.4, 0.5) is 0 Å². The lowest BCUT2D eigenvalue weighted by Crippen LogP contribution is -2.35. The zero-order valence-corrected chi connectivity index (χ0v) is 20.7. The molecule has 0 spiro atoms. The fourth-order valence-corrected chi connectivity index (χ4v) is 4.62. The Morgan fingerprint density at radius 1 is 1.35 bits per heavy atom. The second-order valence-electron chi connectivity index (χ2n) is 7.17. The van der Waals surface area contributed by atoms with Gasteiger partial charge in [-0.15, -0.1) is 0 Å². The van der Waals surface area contributed by atoms with Gasteiger partial charge in [0.1, 0.15) is 18.4 Å². The van der Waals surface area contributed by atoms with E-state index in [4.69, 9.17) is 41.7 Å². The molecule has 1 fully saturated rings. The van der Waals surface area contributed by atoms with Crippen molar-refractivity contribution in [2.45, 2.75) is 32.4 Å². The number of halogens is 2. The van der Waals surface area contributed by atoms with Gasteiger partial charge in [-0.05, 0) is 26.0 Å². The summed E-state index contributed by atoms with van der Waals surface area (Å²) in [6.45, 7) is 2.51. The number of hydrogen-bond acceptors (Lipinski definition) is 9. The van der Waals surface area contributed by atoms with E-state index in [1.165, 1.54) is 49.9 Å². The van der Waals surface area contributed by atoms with Crippen LogP contribution in [0.25, 0.3) is 0 Å². The van der Waals surface area contributed by atoms with Crippen molar-refractivity contribution in [2.24, 2.45) is 0 Å². The average Bonchev–Trinajstić information content (AvgIpc) is 3.25. The molecule has 2 aromatic rings. The summed E-state index contributed by atoms with van der Waals surface area (Å²) >= 11 is 11.9. The number of esters is 1. The molecule has 0 aliphatic carbocycles. The number of nitrogens with zero attached hydrogens (tertiary/aromatic N) is 1. The quantitative estimate of drug-likeness (QED) is 0.360. The first-order valence-electron chi connectivity index (χ1n) is 9.85. The van der Waals surface area contributed by atoms with Gasteiger partial charge in [0, 0.05) is 17.8 Å². The van der Waals surface area contributed by atoms with Gasteiger partial charge in [-0.25, -0.2) is 9.36 Å². The molecule has 1 aromatic carbocycles. The van der Waals surface area contributed by atoms with Crippen LogP contribution in [0.5, 0.6) is 5.75 Å². The van der Waals surface area contributed by atoms with Gasteiger partial charge in [0.15, 0.2) is 12.5 Å². The molecule has 186 valence electrons. The number of carbonyl (C=O) groups excluding carboxylic acids is 1. The second-order valence-corrected chi connectivity index (χ2v) is 9.67. The Hall–Kier alpha value is -2.18. The normalized spacial score (nSPS) is 20.5. The summed E-state index contributed by atoms with van der Waals surface area (Å²) < 4.78 is 41.3. The zero-order valence-electron chi connectivity index (χ0n) is 18.3. The Labute approximate surface area is 203 Å². The molecule has 4 atom stereocenters. The highest BCUT2D eigenvalue weighted by Gasteiger charge is 2.36. The van der Waals surface area contributed by atoms with Crippen LogP contribution in [0.3, 0.4) is 0 Å². The van der Waals surface area contributed by atoms with Gasteiger partial charge in [0.2, 0.25) is 0 Å². The molecule has 3 rings (SSSR count). The zero-order chi connectivity index (χ0) is 25.0. The highest BCUT2D eigenvalue weighted by atomic mass is 35.5. The van der Waals surface area contributed by atoms with Crippen molar-refractivity contribution < 1.29 is 32.6 Å². The molecule has 2 heterocycles. The topological polar surface area (TPSA) is 147 Å². The molecule has 1 aliphatic rings. The van der Waals surface area contributed by atoms with Gasteiger partial charge < -0.3 is 18.7 Å². The average molecular weight is 538 g/mol. The van der Waals surface area contributed by atoms with Crippen LogP contribution in [-0.4, -0.2) is 48.2 Å². The highest BCUT2D eigenvalue weighted by Crippen LogP contribution is 2.46. The molecule has 2 N–H and O–H groups in total. The largest absolute Gasteiger partial charge is 0.468 e. The van der Waals surface area contributed by atoms with E-state index in [-0.39, 0.29) is 22.4 Å². The number of nitrogens with one attached hydrogen (secondary N) is 2. The van der Waals surface area contributed by atoms with Crippen LogP contribution in [0.1, 0.15) is 18.7 Å². The van der Waals surface area contributed by atoms with Gasteiger partial charge >= 0.3 is 19.4 Å². The Kier molecular flexibility index (Phi) is 8.58. The third-order valence-electron chi connectivity index (χ3n) is 4.59. The van der Waals surface area contributed by atoms with E-state index < -0.39 is 50.1 Å². The lowest BCUT2D eigenvalue weighted by molar-refractivity contribution is -0.142. The monoisotopic (exact) mass is 537 g/mol. The molecule has 15 heteroatoms. The summed E-state index contributed by atoms with van der Waals surface area (Å²) in [5.41, 5.74) is -0.873. The van der Waals surface area contributed by atoms with Gasteiger partial charge in [-0.1, -0.05) is 23.2 Å². The van der Waals surface area contributed by atoms with Gasteiger partial charge in [-0.3, -0.25) is 23.7 Å². The Bertz CT molecular complexity index is 1220. The first-order chi connectivity index (χ1) is 16.0. The van der Waals surface area contributed by atoms with Crippen LogP contribution < -0.4 is 20.9 Å².